The molecule has 7 nitrogen and oxygen atoms in total. The Morgan fingerprint density at radius 2 is 2.35 bits per heavy atom. The van der Waals surface area contributed by atoms with Crippen LogP contribution in [0.25, 0.3) is 0 Å². The predicted octanol–water partition coefficient (Wildman–Crippen LogP) is -1.08. The highest BCUT2D eigenvalue weighted by Gasteiger charge is 2.33. The van der Waals surface area contributed by atoms with Crippen LogP contribution < -0.4 is 5.32 Å². The van der Waals surface area contributed by atoms with Crippen LogP contribution in [0.5, 0.6) is 0 Å². The monoisotopic (exact) mass is 238 g/mol. The molecule has 2 heterocycles. The number of rotatable bonds is 2. The number of carboxylic acid groups (broad SMARTS) is 1. The minimum Gasteiger partial charge on any atom is -0.480 e. The minimum atomic E-state index is -1.00. The molecule has 7 heteroatoms. The van der Waals surface area contributed by atoms with E-state index in [9.17, 15) is 9.59 Å². The zero-order valence-electron chi connectivity index (χ0n) is 9.46. The van der Waals surface area contributed by atoms with Gasteiger partial charge in [-0.1, -0.05) is 0 Å². The first-order chi connectivity index (χ1) is 8.11. The Kier molecular flexibility index (Phi) is 3.10. The van der Waals surface area contributed by atoms with Crippen LogP contribution in [0.1, 0.15) is 10.6 Å². The number of aryl methyl sites for hydroxylation is 1. The number of nitrogens with one attached hydrogen (secondary N) is 1. The Morgan fingerprint density at radius 1 is 1.59 bits per heavy atom. The molecular weight excluding hydrogens is 224 g/mol. The summed E-state index contributed by atoms with van der Waals surface area (Å²) in [5.41, 5.74) is 0. The lowest BCUT2D eigenvalue weighted by molar-refractivity contribution is -0.142. The average molecular weight is 238 g/mol. The molecule has 0 aliphatic carbocycles. The van der Waals surface area contributed by atoms with Gasteiger partial charge in [0.1, 0.15) is 6.04 Å². The van der Waals surface area contributed by atoms with Gasteiger partial charge in [-0.05, 0) is 0 Å². The topological polar surface area (TPSA) is 87.5 Å². The van der Waals surface area contributed by atoms with Crippen molar-refractivity contribution < 1.29 is 14.7 Å². The zero-order valence-corrected chi connectivity index (χ0v) is 9.46. The Labute approximate surface area is 98.0 Å². The summed E-state index contributed by atoms with van der Waals surface area (Å²) < 4.78 is 1.59. The Hall–Kier alpha value is -1.89. The fourth-order valence-electron chi connectivity index (χ4n) is 1.87. The van der Waals surface area contributed by atoms with Gasteiger partial charge in [-0.15, -0.1) is 0 Å². The van der Waals surface area contributed by atoms with Crippen LogP contribution in [0.3, 0.4) is 0 Å². The smallest absolute Gasteiger partial charge is 0.327 e. The van der Waals surface area contributed by atoms with Gasteiger partial charge in [-0.2, -0.15) is 0 Å². The van der Waals surface area contributed by atoms with Gasteiger partial charge >= 0.3 is 5.97 Å². The third kappa shape index (κ3) is 2.14. The molecule has 0 bridgehead atoms. The van der Waals surface area contributed by atoms with E-state index >= 15 is 0 Å². The van der Waals surface area contributed by atoms with Gasteiger partial charge < -0.3 is 19.9 Å². The third-order valence-electron chi connectivity index (χ3n) is 2.80. The van der Waals surface area contributed by atoms with E-state index < -0.39 is 12.0 Å². The van der Waals surface area contributed by atoms with Gasteiger partial charge in [-0.3, -0.25) is 4.79 Å². The lowest BCUT2D eigenvalue weighted by Crippen LogP contribution is -2.57. The van der Waals surface area contributed by atoms with Gasteiger partial charge in [0.15, 0.2) is 5.82 Å². The second-order valence-corrected chi connectivity index (χ2v) is 3.92. The molecule has 0 aromatic carbocycles. The van der Waals surface area contributed by atoms with Crippen molar-refractivity contribution in [3.8, 4) is 0 Å². The summed E-state index contributed by atoms with van der Waals surface area (Å²) in [6, 6.07) is -0.826. The van der Waals surface area contributed by atoms with Crippen LogP contribution >= 0.6 is 0 Å². The Morgan fingerprint density at radius 3 is 2.94 bits per heavy atom. The molecule has 1 aliphatic heterocycles. The molecule has 1 unspecified atom stereocenters. The van der Waals surface area contributed by atoms with Crippen LogP contribution in [-0.4, -0.2) is 57.1 Å². The zero-order chi connectivity index (χ0) is 12.4. The van der Waals surface area contributed by atoms with E-state index in [-0.39, 0.29) is 18.3 Å². The summed E-state index contributed by atoms with van der Waals surface area (Å²) in [5, 5.41) is 12.0. The maximum Gasteiger partial charge on any atom is 0.327 e. The summed E-state index contributed by atoms with van der Waals surface area (Å²) in [6.45, 7) is 1.24. The second-order valence-electron chi connectivity index (χ2n) is 3.92. The van der Waals surface area contributed by atoms with Gasteiger partial charge in [0.05, 0.1) is 0 Å². The molecule has 92 valence electrons. The van der Waals surface area contributed by atoms with Gasteiger partial charge in [0.2, 0.25) is 0 Å². The molecule has 1 atom stereocenters. The van der Waals surface area contributed by atoms with Crippen molar-refractivity contribution in [2.75, 3.05) is 19.6 Å². The van der Waals surface area contributed by atoms with Crippen molar-refractivity contribution in [1.82, 2.24) is 19.8 Å². The predicted molar refractivity (Wildman–Crippen MR) is 58.5 cm³/mol. The molecule has 1 aromatic rings. The normalized spacial score (nSPS) is 20.3. The number of hydrogen-bond donors (Lipinski definition) is 2. The molecular formula is C10H14N4O3. The highest BCUT2D eigenvalue weighted by atomic mass is 16.4. The quantitative estimate of drug-likeness (QED) is 0.684. The molecule has 0 spiro atoms. The van der Waals surface area contributed by atoms with E-state index in [1.165, 1.54) is 11.1 Å². The van der Waals surface area contributed by atoms with Crippen LogP contribution in [-0.2, 0) is 11.8 Å². The number of nitrogens with zero attached hydrogens (tertiary/aromatic N) is 3. The van der Waals surface area contributed by atoms with Crippen molar-refractivity contribution in [3.05, 3.63) is 18.2 Å². The van der Waals surface area contributed by atoms with Crippen LogP contribution in [0.4, 0.5) is 0 Å². The standard InChI is InChI=1S/C10H14N4O3/c1-13-4-3-12-8(13)9(15)14-5-2-11-6-7(14)10(16)17/h3-4,7,11H,2,5-6H2,1H3,(H,16,17). The molecule has 1 aliphatic rings. The molecule has 1 aromatic heterocycles. The molecule has 0 saturated carbocycles. The molecule has 2 N–H and O–H groups in total. The number of hydrogen-bond acceptors (Lipinski definition) is 4. The SMILES string of the molecule is Cn1ccnc1C(=O)N1CCNCC1C(=O)O. The van der Waals surface area contributed by atoms with Crippen molar-refractivity contribution in [3.63, 3.8) is 0 Å². The average Bonchev–Trinajstić information content (AvgIpc) is 2.74. The van der Waals surface area contributed by atoms with Gasteiger partial charge in [0.25, 0.3) is 5.91 Å². The summed E-state index contributed by atoms with van der Waals surface area (Å²) >= 11 is 0. The van der Waals surface area contributed by atoms with E-state index in [0.717, 1.165) is 0 Å². The number of imidazole rings is 1. The van der Waals surface area contributed by atoms with Gasteiger partial charge in [0, 0.05) is 39.1 Å². The van der Waals surface area contributed by atoms with Crippen molar-refractivity contribution >= 4 is 11.9 Å². The third-order valence-corrected chi connectivity index (χ3v) is 2.80. The highest BCUT2D eigenvalue weighted by Crippen LogP contribution is 2.09. The fourth-order valence-corrected chi connectivity index (χ4v) is 1.87. The van der Waals surface area contributed by atoms with Crippen molar-refractivity contribution in [1.29, 1.82) is 0 Å². The van der Waals surface area contributed by atoms with E-state index in [4.69, 9.17) is 5.11 Å². The maximum absolute atomic E-state index is 12.1. The van der Waals surface area contributed by atoms with Crippen molar-refractivity contribution in [2.24, 2.45) is 7.05 Å². The Bertz CT molecular complexity index is 443. The van der Waals surface area contributed by atoms with Crippen molar-refractivity contribution in [2.45, 2.75) is 6.04 Å². The van der Waals surface area contributed by atoms with E-state index in [1.807, 2.05) is 0 Å². The minimum absolute atomic E-state index is 0.262. The number of amides is 1. The summed E-state index contributed by atoms with van der Waals surface area (Å²) in [7, 11) is 1.71. The lowest BCUT2D eigenvalue weighted by atomic mass is 10.2. The summed E-state index contributed by atoms with van der Waals surface area (Å²) in [4.78, 5) is 28.5. The van der Waals surface area contributed by atoms with Crippen LogP contribution in [0.2, 0.25) is 0 Å². The number of carbonyl (C=O) groups is 2. The number of carbonyl (C=O) groups excluding carboxylic acids is 1. The molecule has 1 fully saturated rings. The first kappa shape index (κ1) is 11.6. The molecule has 1 saturated heterocycles. The van der Waals surface area contributed by atoms with Crippen LogP contribution in [0.15, 0.2) is 12.4 Å². The number of aliphatic carboxylic acids is 1. The largest absolute Gasteiger partial charge is 0.480 e. The fraction of sp³-hybridized carbons (Fsp3) is 0.500. The van der Waals surface area contributed by atoms with E-state index in [1.54, 1.807) is 17.8 Å². The first-order valence-corrected chi connectivity index (χ1v) is 5.33. The molecule has 17 heavy (non-hydrogen) atoms. The molecule has 1 amide bonds. The van der Waals surface area contributed by atoms with E-state index in [2.05, 4.69) is 10.3 Å². The maximum atomic E-state index is 12.1. The van der Waals surface area contributed by atoms with Crippen LogP contribution in [0, 0.1) is 0 Å². The number of piperazine rings is 1. The summed E-state index contributed by atoms with van der Waals surface area (Å²) in [5.74, 6) is -1.08. The van der Waals surface area contributed by atoms with Gasteiger partial charge in [-0.25, -0.2) is 9.78 Å². The second kappa shape index (κ2) is 4.54. The Balaban J connectivity index is 2.23. The molecule has 2 rings (SSSR count). The lowest BCUT2D eigenvalue weighted by Gasteiger charge is -2.33. The number of aromatic nitrogens is 2. The molecule has 0 radical (unpaired) electrons. The highest BCUT2D eigenvalue weighted by molar-refractivity contribution is 5.94. The summed E-state index contributed by atoms with van der Waals surface area (Å²) in [6.07, 6.45) is 3.18. The van der Waals surface area contributed by atoms with E-state index in [0.29, 0.717) is 13.1 Å². The number of carboxylic acids is 1. The first-order valence-electron chi connectivity index (χ1n) is 5.33.